The van der Waals surface area contributed by atoms with Gasteiger partial charge in [0, 0.05) is 42.5 Å². The average molecular weight is 492 g/mol. The molecule has 1 amide bonds. The standard InChI is InChI=1S/C31H45N3O2/c1-6-19-31(26-17-12-21-32-23-26,20-11-16-25-14-9-8-10-15-25)33(5)24-27-18-13-22-34(27)29(36)28(35)30(3,4)7-2/h8-10,12,14-15,17,21,23,27H,6-7,11,13,16,18-20,22,24H2,1-5H3/t27-,31-/m0/s1. The summed E-state index contributed by atoms with van der Waals surface area (Å²) in [6.07, 6.45) is 11.6. The van der Waals surface area contributed by atoms with Crippen molar-refractivity contribution in [3.63, 3.8) is 0 Å². The highest BCUT2D eigenvalue weighted by molar-refractivity contribution is 6.38. The predicted octanol–water partition coefficient (Wildman–Crippen LogP) is 6.03. The van der Waals surface area contributed by atoms with Crippen molar-refractivity contribution in [2.24, 2.45) is 5.41 Å². The molecule has 1 aromatic carbocycles. The number of ketones is 1. The normalized spacial score (nSPS) is 17.8. The average Bonchev–Trinajstić information content (AvgIpc) is 3.36. The molecule has 0 radical (unpaired) electrons. The quantitative estimate of drug-likeness (QED) is 0.321. The van der Waals surface area contributed by atoms with Crippen molar-refractivity contribution < 1.29 is 9.59 Å². The fraction of sp³-hybridized carbons (Fsp3) is 0.581. The van der Waals surface area contributed by atoms with E-state index in [1.807, 2.05) is 44.1 Å². The van der Waals surface area contributed by atoms with E-state index in [-0.39, 0.29) is 23.3 Å². The van der Waals surface area contributed by atoms with Crippen molar-refractivity contribution >= 4 is 11.7 Å². The van der Waals surface area contributed by atoms with E-state index < -0.39 is 5.41 Å². The maximum Gasteiger partial charge on any atom is 0.290 e. The maximum atomic E-state index is 13.3. The zero-order chi connectivity index (χ0) is 26.2. The number of aryl methyl sites for hydroxylation is 1. The first-order valence-corrected chi connectivity index (χ1v) is 13.8. The van der Waals surface area contributed by atoms with Crippen LogP contribution in [0.1, 0.15) is 83.8 Å². The van der Waals surface area contributed by atoms with Crippen molar-refractivity contribution in [2.45, 2.75) is 90.6 Å². The third-order valence-corrected chi connectivity index (χ3v) is 8.31. The number of likely N-dealkylation sites (N-methyl/N-ethyl adjacent to an activating group) is 1. The third-order valence-electron chi connectivity index (χ3n) is 8.31. The Hall–Kier alpha value is -2.53. The minimum atomic E-state index is -0.616. The molecule has 5 heteroatoms. The van der Waals surface area contributed by atoms with Crippen LogP contribution in [0.2, 0.25) is 0 Å². The van der Waals surface area contributed by atoms with Gasteiger partial charge in [-0.1, -0.05) is 70.5 Å². The zero-order valence-electron chi connectivity index (χ0n) is 23.0. The molecule has 1 aliphatic rings. The van der Waals surface area contributed by atoms with Crippen molar-refractivity contribution in [3.05, 3.63) is 66.0 Å². The summed E-state index contributed by atoms with van der Waals surface area (Å²) in [6, 6.07) is 15.0. The number of Topliss-reactive ketones (excluding diaryl/α,β-unsaturated/α-hetero) is 1. The van der Waals surface area contributed by atoms with E-state index in [9.17, 15) is 9.59 Å². The van der Waals surface area contributed by atoms with Crippen LogP contribution in [0, 0.1) is 5.41 Å². The number of amides is 1. The summed E-state index contributed by atoms with van der Waals surface area (Å²) in [4.78, 5) is 35.1. The number of hydrogen-bond donors (Lipinski definition) is 0. The van der Waals surface area contributed by atoms with Gasteiger partial charge in [0.1, 0.15) is 0 Å². The summed E-state index contributed by atoms with van der Waals surface area (Å²) < 4.78 is 0. The summed E-state index contributed by atoms with van der Waals surface area (Å²) >= 11 is 0. The van der Waals surface area contributed by atoms with Gasteiger partial charge in [0.2, 0.25) is 5.78 Å². The minimum absolute atomic E-state index is 0.0566. The Labute approximate surface area is 218 Å². The van der Waals surface area contributed by atoms with Crippen LogP contribution < -0.4 is 0 Å². The molecule has 1 aromatic heterocycles. The van der Waals surface area contributed by atoms with Gasteiger partial charge in [-0.2, -0.15) is 0 Å². The summed E-state index contributed by atoms with van der Waals surface area (Å²) in [5.74, 6) is -0.557. The lowest BCUT2D eigenvalue weighted by Crippen LogP contribution is -2.52. The Balaban J connectivity index is 1.83. The van der Waals surface area contributed by atoms with E-state index in [2.05, 4.69) is 60.3 Å². The Bertz CT molecular complexity index is 976. The molecule has 0 saturated carbocycles. The zero-order valence-corrected chi connectivity index (χ0v) is 23.0. The fourth-order valence-corrected chi connectivity index (χ4v) is 5.66. The maximum absolute atomic E-state index is 13.3. The summed E-state index contributed by atoms with van der Waals surface area (Å²) in [5, 5.41) is 0. The highest BCUT2D eigenvalue weighted by Crippen LogP contribution is 2.38. The molecule has 1 fully saturated rings. The SMILES string of the molecule is CCC[C@](CCCc1ccccc1)(c1cccnc1)N(C)C[C@@H]1CCCN1C(=O)C(=O)C(C)(C)CC. The van der Waals surface area contributed by atoms with Gasteiger partial charge >= 0.3 is 0 Å². The van der Waals surface area contributed by atoms with Crippen LogP contribution in [0.4, 0.5) is 0 Å². The van der Waals surface area contributed by atoms with Crippen molar-refractivity contribution in [2.75, 3.05) is 20.1 Å². The number of hydrogen-bond acceptors (Lipinski definition) is 4. The fourth-order valence-electron chi connectivity index (χ4n) is 5.66. The van der Waals surface area contributed by atoms with Crippen molar-refractivity contribution in [1.29, 1.82) is 0 Å². The molecule has 0 spiro atoms. The van der Waals surface area contributed by atoms with E-state index in [1.165, 1.54) is 11.1 Å². The molecule has 36 heavy (non-hydrogen) atoms. The van der Waals surface area contributed by atoms with Crippen molar-refractivity contribution in [1.82, 2.24) is 14.8 Å². The number of rotatable bonds is 13. The second-order valence-corrected chi connectivity index (χ2v) is 11.1. The summed E-state index contributed by atoms with van der Waals surface area (Å²) in [6.45, 7) is 9.41. The lowest BCUT2D eigenvalue weighted by molar-refractivity contribution is -0.150. The van der Waals surface area contributed by atoms with Crippen LogP contribution in [0.3, 0.4) is 0 Å². The third kappa shape index (κ3) is 6.42. The Kier molecular flexibility index (Phi) is 9.84. The topological polar surface area (TPSA) is 53.5 Å². The van der Waals surface area contributed by atoms with Gasteiger partial charge in [-0.05, 0) is 69.2 Å². The molecule has 0 unspecified atom stereocenters. The van der Waals surface area contributed by atoms with Gasteiger partial charge in [0.05, 0.1) is 0 Å². The Morgan fingerprint density at radius 1 is 1.08 bits per heavy atom. The largest absolute Gasteiger partial charge is 0.332 e. The molecule has 0 N–H and O–H groups in total. The molecule has 2 atom stereocenters. The number of benzene rings is 1. The molecule has 3 rings (SSSR count). The van der Waals surface area contributed by atoms with Gasteiger partial charge in [-0.3, -0.25) is 19.5 Å². The Morgan fingerprint density at radius 3 is 2.47 bits per heavy atom. The van der Waals surface area contributed by atoms with E-state index >= 15 is 0 Å². The lowest BCUT2D eigenvalue weighted by atomic mass is 9.79. The van der Waals surface area contributed by atoms with E-state index in [0.717, 1.165) is 51.5 Å². The molecular weight excluding hydrogens is 446 g/mol. The minimum Gasteiger partial charge on any atom is -0.332 e. The molecule has 5 nitrogen and oxygen atoms in total. The van der Waals surface area contributed by atoms with Gasteiger partial charge < -0.3 is 4.90 Å². The molecular formula is C31H45N3O2. The van der Waals surface area contributed by atoms with Crippen molar-refractivity contribution in [3.8, 4) is 0 Å². The van der Waals surface area contributed by atoms with Gasteiger partial charge in [-0.15, -0.1) is 0 Å². The molecule has 1 saturated heterocycles. The van der Waals surface area contributed by atoms with Gasteiger partial charge in [-0.25, -0.2) is 0 Å². The van der Waals surface area contributed by atoms with Crippen LogP contribution in [0.5, 0.6) is 0 Å². The van der Waals surface area contributed by atoms with E-state index in [4.69, 9.17) is 0 Å². The first-order chi connectivity index (χ1) is 17.2. The Morgan fingerprint density at radius 2 is 1.83 bits per heavy atom. The number of carbonyl (C=O) groups is 2. The molecule has 0 aliphatic carbocycles. The monoisotopic (exact) mass is 491 g/mol. The second-order valence-electron chi connectivity index (χ2n) is 11.1. The molecule has 0 bridgehead atoms. The van der Waals surface area contributed by atoms with Crippen LogP contribution >= 0.6 is 0 Å². The molecule has 2 heterocycles. The smallest absolute Gasteiger partial charge is 0.290 e. The number of pyridine rings is 1. The molecule has 196 valence electrons. The lowest BCUT2D eigenvalue weighted by Gasteiger charge is -2.45. The number of aromatic nitrogens is 1. The van der Waals surface area contributed by atoms with E-state index in [1.54, 1.807) is 0 Å². The number of nitrogens with zero attached hydrogens (tertiary/aromatic N) is 3. The predicted molar refractivity (Wildman–Crippen MR) is 147 cm³/mol. The highest BCUT2D eigenvalue weighted by atomic mass is 16.2. The highest BCUT2D eigenvalue weighted by Gasteiger charge is 2.42. The van der Waals surface area contributed by atoms with Gasteiger partial charge in [0.15, 0.2) is 0 Å². The van der Waals surface area contributed by atoms with Crippen LogP contribution in [-0.4, -0.2) is 52.7 Å². The molecule has 2 aromatic rings. The number of likely N-dealkylation sites (tertiary alicyclic amines) is 1. The van der Waals surface area contributed by atoms with Crippen LogP contribution in [-0.2, 0) is 21.5 Å². The molecule has 1 aliphatic heterocycles. The van der Waals surface area contributed by atoms with Gasteiger partial charge in [0.25, 0.3) is 5.91 Å². The van der Waals surface area contributed by atoms with E-state index in [0.29, 0.717) is 13.0 Å². The first kappa shape index (κ1) is 28.0. The second kappa shape index (κ2) is 12.6. The summed E-state index contributed by atoms with van der Waals surface area (Å²) in [7, 11) is 2.20. The number of carbonyl (C=O) groups excluding carboxylic acids is 2. The van der Waals surface area contributed by atoms with Crippen LogP contribution in [0.15, 0.2) is 54.9 Å². The first-order valence-electron chi connectivity index (χ1n) is 13.8. The summed E-state index contributed by atoms with van der Waals surface area (Å²) in [5.41, 5.74) is 1.82. The van der Waals surface area contributed by atoms with Crippen LogP contribution in [0.25, 0.3) is 0 Å².